The van der Waals surface area contributed by atoms with Gasteiger partial charge in [-0.3, -0.25) is 4.79 Å². The number of phenols is 1. The lowest BCUT2D eigenvalue weighted by Gasteiger charge is -2.35. The van der Waals surface area contributed by atoms with Crippen LogP contribution >= 0.6 is 0 Å². The molecule has 0 saturated carbocycles. The van der Waals surface area contributed by atoms with Gasteiger partial charge in [-0.1, -0.05) is 24.3 Å². The molecule has 1 heterocycles. The number of hydrogen-bond donors (Lipinski definition) is 2. The van der Waals surface area contributed by atoms with Gasteiger partial charge in [0.05, 0.1) is 0 Å². The summed E-state index contributed by atoms with van der Waals surface area (Å²) in [6.45, 7) is 4.25. The molecule has 0 bridgehead atoms. The maximum atomic E-state index is 12.4. The molecule has 3 rings (SSSR count). The Bertz CT molecular complexity index is 742. The lowest BCUT2D eigenvalue weighted by molar-refractivity contribution is 0.104. The molecule has 0 unspecified atom stereocenters. The van der Waals surface area contributed by atoms with Crippen molar-refractivity contribution >= 4 is 11.5 Å². The minimum atomic E-state index is -0.0879. The van der Waals surface area contributed by atoms with Crippen LogP contribution in [0, 0.1) is 0 Å². The number of benzene rings is 2. The van der Waals surface area contributed by atoms with Crippen LogP contribution in [0.15, 0.2) is 54.6 Å². The van der Waals surface area contributed by atoms with Crippen molar-refractivity contribution < 1.29 is 9.90 Å². The van der Waals surface area contributed by atoms with Crippen molar-refractivity contribution in [2.75, 3.05) is 0 Å². The molecule has 2 aromatic rings. The number of hydrogen-bond acceptors (Lipinski definition) is 3. The van der Waals surface area contributed by atoms with Gasteiger partial charge in [-0.25, -0.2) is 0 Å². The number of phenolic OH excluding ortho intramolecular Hbond substituents is 1. The van der Waals surface area contributed by atoms with E-state index in [1.165, 1.54) is 17.7 Å². The molecular weight excluding hydrogens is 274 g/mol. The average molecular weight is 293 g/mol. The highest BCUT2D eigenvalue weighted by atomic mass is 16.3. The first-order valence-electron chi connectivity index (χ1n) is 7.36. The Morgan fingerprint density at radius 1 is 1.14 bits per heavy atom. The molecule has 112 valence electrons. The third kappa shape index (κ3) is 2.89. The molecule has 0 spiro atoms. The molecule has 0 radical (unpaired) electrons. The minimum Gasteiger partial charge on any atom is -0.508 e. The molecule has 0 amide bonds. The van der Waals surface area contributed by atoms with Gasteiger partial charge in [0.2, 0.25) is 0 Å². The topological polar surface area (TPSA) is 49.3 Å². The molecular formula is C19H19NO2. The van der Waals surface area contributed by atoms with Crippen molar-refractivity contribution in [2.45, 2.75) is 25.8 Å². The van der Waals surface area contributed by atoms with Crippen LogP contribution in [-0.2, 0) is 6.42 Å². The van der Waals surface area contributed by atoms with Gasteiger partial charge in [-0.05, 0) is 50.1 Å². The van der Waals surface area contributed by atoms with Crippen LogP contribution in [0.5, 0.6) is 5.75 Å². The summed E-state index contributed by atoms with van der Waals surface area (Å²) in [5.74, 6) is 0.0847. The van der Waals surface area contributed by atoms with Crippen LogP contribution in [0.25, 0.3) is 5.70 Å². The largest absolute Gasteiger partial charge is 0.508 e. The predicted octanol–water partition coefficient (Wildman–Crippen LogP) is 3.54. The second-order valence-electron chi connectivity index (χ2n) is 6.31. The van der Waals surface area contributed by atoms with E-state index >= 15 is 0 Å². The van der Waals surface area contributed by atoms with Crippen molar-refractivity contribution in [3.8, 4) is 5.75 Å². The smallest absolute Gasteiger partial charge is 0.187 e. The van der Waals surface area contributed by atoms with E-state index in [0.717, 1.165) is 17.7 Å². The summed E-state index contributed by atoms with van der Waals surface area (Å²) in [7, 11) is 0. The quantitative estimate of drug-likeness (QED) is 0.657. The highest BCUT2D eigenvalue weighted by molar-refractivity contribution is 6.08. The molecule has 0 atom stereocenters. The molecule has 0 aliphatic carbocycles. The Hall–Kier alpha value is -2.55. The van der Waals surface area contributed by atoms with E-state index < -0.39 is 0 Å². The Kier molecular flexibility index (Phi) is 3.49. The predicted molar refractivity (Wildman–Crippen MR) is 87.8 cm³/mol. The maximum absolute atomic E-state index is 12.4. The van der Waals surface area contributed by atoms with E-state index in [2.05, 4.69) is 25.2 Å². The van der Waals surface area contributed by atoms with E-state index in [0.29, 0.717) is 5.56 Å². The summed E-state index contributed by atoms with van der Waals surface area (Å²) in [4.78, 5) is 12.4. The highest BCUT2D eigenvalue weighted by Crippen LogP contribution is 2.29. The standard InChI is InChI=1S/C19H19NO2/c1-19(2)12-14-5-3-4-6-16(14)17(20-19)11-18(22)13-7-9-15(21)10-8-13/h3-11,20-21H,12H2,1-2H3/b17-11-. The van der Waals surface area contributed by atoms with Crippen molar-refractivity contribution in [2.24, 2.45) is 0 Å². The van der Waals surface area contributed by atoms with Crippen molar-refractivity contribution in [3.05, 3.63) is 71.3 Å². The maximum Gasteiger partial charge on any atom is 0.187 e. The van der Waals surface area contributed by atoms with Crippen molar-refractivity contribution in [1.82, 2.24) is 5.32 Å². The Labute approximate surface area is 130 Å². The fourth-order valence-corrected chi connectivity index (χ4v) is 2.84. The fourth-order valence-electron chi connectivity index (χ4n) is 2.84. The van der Waals surface area contributed by atoms with Gasteiger partial charge in [0.1, 0.15) is 5.75 Å². The van der Waals surface area contributed by atoms with E-state index in [9.17, 15) is 9.90 Å². The number of nitrogens with one attached hydrogen (secondary N) is 1. The minimum absolute atomic E-state index is 0.0741. The summed E-state index contributed by atoms with van der Waals surface area (Å²) in [6, 6.07) is 14.5. The number of aromatic hydroxyl groups is 1. The molecule has 0 fully saturated rings. The summed E-state index contributed by atoms with van der Waals surface area (Å²) in [5, 5.41) is 12.8. The van der Waals surface area contributed by atoms with E-state index in [1.54, 1.807) is 18.2 Å². The number of allylic oxidation sites excluding steroid dienone is 1. The van der Waals surface area contributed by atoms with Crippen LogP contribution in [0.1, 0.15) is 35.3 Å². The van der Waals surface area contributed by atoms with Crippen LogP contribution in [-0.4, -0.2) is 16.4 Å². The van der Waals surface area contributed by atoms with E-state index in [4.69, 9.17) is 0 Å². The van der Waals surface area contributed by atoms with Crippen molar-refractivity contribution in [3.63, 3.8) is 0 Å². The number of ketones is 1. The third-order valence-corrected chi connectivity index (χ3v) is 3.84. The average Bonchev–Trinajstić information content (AvgIpc) is 2.46. The first-order valence-corrected chi connectivity index (χ1v) is 7.36. The normalized spacial score (nSPS) is 17.6. The SMILES string of the molecule is CC1(C)Cc2ccccc2/C(=C/C(=O)c2ccc(O)cc2)N1. The van der Waals surface area contributed by atoms with Gasteiger partial charge in [0, 0.05) is 28.4 Å². The third-order valence-electron chi connectivity index (χ3n) is 3.84. The van der Waals surface area contributed by atoms with Crippen LogP contribution in [0.4, 0.5) is 0 Å². The van der Waals surface area contributed by atoms with Gasteiger partial charge in [-0.2, -0.15) is 0 Å². The summed E-state index contributed by atoms with van der Waals surface area (Å²) >= 11 is 0. The number of carbonyl (C=O) groups excluding carboxylic acids is 1. The van der Waals surface area contributed by atoms with E-state index in [1.807, 2.05) is 18.2 Å². The molecule has 0 saturated heterocycles. The van der Waals surface area contributed by atoms with Gasteiger partial charge >= 0.3 is 0 Å². The number of carbonyl (C=O) groups is 1. The van der Waals surface area contributed by atoms with Gasteiger partial charge in [-0.15, -0.1) is 0 Å². The van der Waals surface area contributed by atoms with E-state index in [-0.39, 0.29) is 17.1 Å². The zero-order valence-corrected chi connectivity index (χ0v) is 12.8. The summed E-state index contributed by atoms with van der Waals surface area (Å²) in [6.07, 6.45) is 2.57. The first kappa shape index (κ1) is 14.4. The Balaban J connectivity index is 1.99. The molecule has 3 nitrogen and oxygen atoms in total. The molecule has 3 heteroatoms. The second kappa shape index (κ2) is 5.34. The highest BCUT2D eigenvalue weighted by Gasteiger charge is 2.27. The molecule has 0 aromatic heterocycles. The fraction of sp³-hybridized carbons (Fsp3) is 0.211. The van der Waals surface area contributed by atoms with Crippen LogP contribution in [0.3, 0.4) is 0 Å². The number of rotatable bonds is 2. The van der Waals surface area contributed by atoms with Gasteiger partial charge in [0.25, 0.3) is 0 Å². The molecule has 22 heavy (non-hydrogen) atoms. The summed E-state index contributed by atoms with van der Waals surface area (Å²) in [5.41, 5.74) is 3.65. The first-order chi connectivity index (χ1) is 10.4. The Morgan fingerprint density at radius 3 is 2.55 bits per heavy atom. The van der Waals surface area contributed by atoms with Crippen molar-refractivity contribution in [1.29, 1.82) is 0 Å². The zero-order chi connectivity index (χ0) is 15.7. The molecule has 2 N–H and O–H groups in total. The second-order valence-corrected chi connectivity index (χ2v) is 6.31. The molecule has 2 aromatic carbocycles. The van der Waals surface area contributed by atoms with Crippen LogP contribution < -0.4 is 5.32 Å². The van der Waals surface area contributed by atoms with Gasteiger partial charge < -0.3 is 10.4 Å². The molecule has 1 aliphatic heterocycles. The summed E-state index contributed by atoms with van der Waals surface area (Å²) < 4.78 is 0. The number of fused-ring (bicyclic) bond motifs is 1. The zero-order valence-electron chi connectivity index (χ0n) is 12.8. The van der Waals surface area contributed by atoms with Gasteiger partial charge in [0.15, 0.2) is 5.78 Å². The monoisotopic (exact) mass is 293 g/mol. The lowest BCUT2D eigenvalue weighted by Crippen LogP contribution is -2.43. The molecule has 1 aliphatic rings. The van der Waals surface area contributed by atoms with Crippen LogP contribution in [0.2, 0.25) is 0 Å². The Morgan fingerprint density at radius 2 is 1.82 bits per heavy atom. The lowest BCUT2D eigenvalue weighted by atomic mass is 9.85.